The van der Waals surface area contributed by atoms with Crippen LogP contribution in [-0.4, -0.2) is 13.2 Å². The van der Waals surface area contributed by atoms with Gasteiger partial charge in [0.05, 0.1) is 7.85 Å². The third-order valence-corrected chi connectivity index (χ3v) is 2.05. The maximum atomic E-state index is 5.83. The van der Waals surface area contributed by atoms with E-state index in [0.717, 1.165) is 12.8 Å². The molecule has 2 radical (unpaired) electrons. The number of rotatable bonds is 0. The Kier molecular flexibility index (Phi) is 2.24. The summed E-state index contributed by atoms with van der Waals surface area (Å²) in [6.07, 6.45) is 4.56. The van der Waals surface area contributed by atoms with E-state index >= 15 is 0 Å². The second kappa shape index (κ2) is 2.77. The summed E-state index contributed by atoms with van der Waals surface area (Å²) < 4.78 is 0. The maximum Gasteiger partial charge on any atom is 0.0700 e. The van der Waals surface area contributed by atoms with Gasteiger partial charge in [-0.1, -0.05) is 18.7 Å². The van der Waals surface area contributed by atoms with E-state index in [9.17, 15) is 0 Å². The van der Waals surface area contributed by atoms with Crippen LogP contribution in [0.4, 0.5) is 0 Å². The van der Waals surface area contributed by atoms with Gasteiger partial charge in [0.25, 0.3) is 0 Å². The first-order chi connectivity index (χ1) is 3.79. The Bertz CT molecular complexity index is 66.9. The molecule has 44 valence electrons. The average Bonchev–Trinajstić information content (AvgIpc) is 1.64. The minimum atomic E-state index is 0.360. The van der Waals surface area contributed by atoms with Crippen LogP contribution in [0.1, 0.15) is 25.7 Å². The molecule has 1 saturated carbocycles. The highest BCUT2D eigenvalue weighted by atomic mass is 35.5. The molecule has 0 N–H and O–H groups in total. The molecule has 0 heterocycles. The molecule has 1 rings (SSSR count). The van der Waals surface area contributed by atoms with Gasteiger partial charge in [-0.15, -0.1) is 11.6 Å². The minimum Gasteiger partial charge on any atom is -0.123 e. The van der Waals surface area contributed by atoms with Gasteiger partial charge in [-0.2, -0.15) is 0 Å². The van der Waals surface area contributed by atoms with E-state index in [0.29, 0.717) is 11.2 Å². The Hall–Kier alpha value is 0.355. The number of alkyl halides is 1. The van der Waals surface area contributed by atoms with Gasteiger partial charge in [0, 0.05) is 5.38 Å². The largest absolute Gasteiger partial charge is 0.123 e. The molecular formula is C6H10BCl. The van der Waals surface area contributed by atoms with E-state index in [1.165, 1.54) is 12.8 Å². The standard InChI is InChI=1S/C6H10BCl/c7-5-2-1-3-6(8)4-5/h5-6H,1-4H2/t5-,6+/m0/s1. The molecule has 0 aromatic rings. The smallest absolute Gasteiger partial charge is 0.0700 e. The van der Waals surface area contributed by atoms with Gasteiger partial charge in [0.2, 0.25) is 0 Å². The van der Waals surface area contributed by atoms with Crippen molar-refractivity contribution < 1.29 is 0 Å². The van der Waals surface area contributed by atoms with Crippen LogP contribution in [0.2, 0.25) is 5.82 Å². The van der Waals surface area contributed by atoms with Crippen molar-refractivity contribution >= 4 is 19.4 Å². The summed E-state index contributed by atoms with van der Waals surface area (Å²) in [5.74, 6) is 0.381. The van der Waals surface area contributed by atoms with Crippen LogP contribution in [-0.2, 0) is 0 Å². The number of halogens is 1. The summed E-state index contributed by atoms with van der Waals surface area (Å²) in [4.78, 5) is 0. The van der Waals surface area contributed by atoms with Crippen molar-refractivity contribution in [3.05, 3.63) is 0 Å². The molecule has 2 heteroatoms. The lowest BCUT2D eigenvalue weighted by Gasteiger charge is -2.21. The van der Waals surface area contributed by atoms with Crippen LogP contribution < -0.4 is 0 Å². The zero-order valence-corrected chi connectivity index (χ0v) is 5.69. The van der Waals surface area contributed by atoms with Gasteiger partial charge in [-0.05, 0) is 12.8 Å². The Morgan fingerprint density at radius 1 is 1.38 bits per heavy atom. The Balaban J connectivity index is 2.23. The molecule has 0 amide bonds. The van der Waals surface area contributed by atoms with E-state index < -0.39 is 0 Å². The molecule has 0 aliphatic heterocycles. The van der Waals surface area contributed by atoms with Crippen molar-refractivity contribution in [2.24, 2.45) is 0 Å². The SMILES string of the molecule is [B][C@H]1CCC[C@@H](Cl)C1. The Morgan fingerprint density at radius 2 is 2.12 bits per heavy atom. The Labute approximate surface area is 57.0 Å². The first-order valence-electron chi connectivity index (χ1n) is 3.18. The van der Waals surface area contributed by atoms with Crippen LogP contribution in [0.3, 0.4) is 0 Å². The molecule has 0 bridgehead atoms. The molecule has 0 aromatic heterocycles. The normalized spacial score (nSPS) is 39.6. The number of hydrogen-bond acceptors (Lipinski definition) is 0. The lowest BCUT2D eigenvalue weighted by atomic mass is 9.75. The molecule has 1 fully saturated rings. The predicted octanol–water partition coefficient (Wildman–Crippen LogP) is 2.12. The highest BCUT2D eigenvalue weighted by Crippen LogP contribution is 2.29. The minimum absolute atomic E-state index is 0.360. The first kappa shape index (κ1) is 6.47. The highest BCUT2D eigenvalue weighted by Gasteiger charge is 2.15. The third-order valence-electron chi connectivity index (χ3n) is 1.65. The molecule has 1 aliphatic rings. The molecule has 0 unspecified atom stereocenters. The summed E-state index contributed by atoms with van der Waals surface area (Å²) in [6, 6.07) is 0. The van der Waals surface area contributed by atoms with E-state index in [4.69, 9.17) is 19.4 Å². The fourth-order valence-electron chi connectivity index (χ4n) is 1.17. The summed E-state index contributed by atoms with van der Waals surface area (Å²) in [5.41, 5.74) is 0. The zero-order valence-electron chi connectivity index (χ0n) is 4.94. The summed E-state index contributed by atoms with van der Waals surface area (Å²) in [5, 5.41) is 0.360. The number of hydrogen-bond donors (Lipinski definition) is 0. The predicted molar refractivity (Wildman–Crippen MR) is 37.6 cm³/mol. The van der Waals surface area contributed by atoms with Crippen LogP contribution in [0.5, 0.6) is 0 Å². The van der Waals surface area contributed by atoms with E-state index in [2.05, 4.69) is 0 Å². The summed E-state index contributed by atoms with van der Waals surface area (Å²) in [6.45, 7) is 0. The van der Waals surface area contributed by atoms with E-state index in [-0.39, 0.29) is 0 Å². The van der Waals surface area contributed by atoms with Gasteiger partial charge in [0.1, 0.15) is 0 Å². The topological polar surface area (TPSA) is 0 Å². The van der Waals surface area contributed by atoms with E-state index in [1.54, 1.807) is 0 Å². The van der Waals surface area contributed by atoms with Crippen molar-refractivity contribution in [2.75, 3.05) is 0 Å². The van der Waals surface area contributed by atoms with Crippen molar-refractivity contribution in [1.29, 1.82) is 0 Å². The zero-order chi connectivity index (χ0) is 5.98. The van der Waals surface area contributed by atoms with Crippen molar-refractivity contribution in [3.8, 4) is 0 Å². The van der Waals surface area contributed by atoms with Crippen molar-refractivity contribution in [3.63, 3.8) is 0 Å². The van der Waals surface area contributed by atoms with Crippen molar-refractivity contribution in [2.45, 2.75) is 36.9 Å². The first-order valence-corrected chi connectivity index (χ1v) is 3.62. The third kappa shape index (κ3) is 1.70. The lowest BCUT2D eigenvalue weighted by molar-refractivity contribution is 0.511. The van der Waals surface area contributed by atoms with Gasteiger partial charge >= 0.3 is 0 Å². The molecule has 0 aromatic carbocycles. The Morgan fingerprint density at radius 3 is 2.50 bits per heavy atom. The van der Waals surface area contributed by atoms with Crippen LogP contribution in [0, 0.1) is 0 Å². The van der Waals surface area contributed by atoms with Crippen LogP contribution in [0.15, 0.2) is 0 Å². The monoisotopic (exact) mass is 128 g/mol. The van der Waals surface area contributed by atoms with Crippen molar-refractivity contribution in [1.82, 2.24) is 0 Å². The van der Waals surface area contributed by atoms with Gasteiger partial charge in [0.15, 0.2) is 0 Å². The average molecular weight is 128 g/mol. The van der Waals surface area contributed by atoms with Gasteiger partial charge in [-0.3, -0.25) is 0 Å². The summed E-state index contributed by atoms with van der Waals surface area (Å²) >= 11 is 5.83. The molecular weight excluding hydrogens is 118 g/mol. The molecule has 0 spiro atoms. The van der Waals surface area contributed by atoms with Crippen LogP contribution in [0.25, 0.3) is 0 Å². The summed E-state index contributed by atoms with van der Waals surface area (Å²) in [7, 11) is 5.64. The molecule has 2 atom stereocenters. The lowest BCUT2D eigenvalue weighted by Crippen LogP contribution is -2.10. The molecule has 0 nitrogen and oxygen atoms in total. The van der Waals surface area contributed by atoms with E-state index in [1.807, 2.05) is 0 Å². The molecule has 8 heavy (non-hydrogen) atoms. The second-order valence-corrected chi connectivity index (χ2v) is 3.14. The quantitative estimate of drug-likeness (QED) is 0.346. The highest BCUT2D eigenvalue weighted by molar-refractivity contribution is 6.21. The fraction of sp³-hybridized carbons (Fsp3) is 1.00. The van der Waals surface area contributed by atoms with Crippen LogP contribution >= 0.6 is 11.6 Å². The second-order valence-electron chi connectivity index (χ2n) is 2.52. The molecule has 0 saturated heterocycles. The maximum absolute atomic E-state index is 5.83. The van der Waals surface area contributed by atoms with Gasteiger partial charge in [-0.25, -0.2) is 0 Å². The van der Waals surface area contributed by atoms with Gasteiger partial charge < -0.3 is 0 Å². The fourth-order valence-corrected chi connectivity index (χ4v) is 1.55. The molecule has 1 aliphatic carbocycles.